The summed E-state index contributed by atoms with van der Waals surface area (Å²) in [6.45, 7) is 0. The molecule has 0 atom stereocenters. The fourth-order valence-corrected chi connectivity index (χ4v) is 3.98. The van der Waals surface area contributed by atoms with Crippen LogP contribution in [0.1, 0.15) is 20.7 Å². The number of rotatable bonds is 8. The van der Waals surface area contributed by atoms with Gasteiger partial charge in [-0.1, -0.05) is 97.1 Å². The number of nitrogens with zero attached hydrogens (tertiary/aromatic N) is 2. The zero-order valence-electron chi connectivity index (χ0n) is 21.1. The molecule has 0 saturated carbocycles. The van der Waals surface area contributed by atoms with Crippen molar-refractivity contribution in [2.24, 2.45) is 0 Å². The molecule has 0 aliphatic carbocycles. The van der Waals surface area contributed by atoms with Crippen molar-refractivity contribution < 1.29 is 19.2 Å². The van der Waals surface area contributed by atoms with Crippen molar-refractivity contribution >= 4 is 34.8 Å². The van der Waals surface area contributed by atoms with Crippen LogP contribution in [0.3, 0.4) is 0 Å². The van der Waals surface area contributed by atoms with Gasteiger partial charge < -0.3 is 9.80 Å². The van der Waals surface area contributed by atoms with E-state index in [0.29, 0.717) is 11.4 Å². The minimum absolute atomic E-state index is 0.186. The van der Waals surface area contributed by atoms with Gasteiger partial charge in [0.05, 0.1) is 0 Å². The van der Waals surface area contributed by atoms with Crippen LogP contribution in [0.25, 0.3) is 0 Å². The Hall–Kier alpha value is -5.10. The van der Waals surface area contributed by atoms with E-state index in [4.69, 9.17) is 0 Å². The van der Waals surface area contributed by atoms with E-state index < -0.39 is 34.5 Å². The van der Waals surface area contributed by atoms with E-state index in [1.54, 1.807) is 121 Å². The number of benzene rings is 4. The molecule has 0 bridgehead atoms. The molecular weight excluding hydrogens is 476 g/mol. The fourth-order valence-electron chi connectivity index (χ4n) is 3.98. The highest BCUT2D eigenvalue weighted by atomic mass is 16.2. The molecule has 0 heterocycles. The van der Waals surface area contributed by atoms with Gasteiger partial charge in [-0.25, -0.2) is 0 Å². The topological polar surface area (TPSA) is 74.8 Å². The Balaban J connectivity index is 1.97. The first-order valence-electron chi connectivity index (χ1n) is 12.0. The monoisotopic (exact) mass is 502 g/mol. The Kier molecular flexibility index (Phi) is 8.04. The van der Waals surface area contributed by atoms with Crippen LogP contribution in [0, 0.1) is 0 Å². The summed E-state index contributed by atoms with van der Waals surface area (Å²) in [7, 11) is 3.01. The highest BCUT2D eigenvalue weighted by Gasteiger charge is 2.36. The van der Waals surface area contributed by atoms with Crippen LogP contribution in [-0.2, 0) is 9.59 Å². The van der Waals surface area contributed by atoms with Gasteiger partial charge in [-0.05, 0) is 24.3 Å². The van der Waals surface area contributed by atoms with Gasteiger partial charge in [0.25, 0.3) is 11.8 Å². The molecule has 188 valence electrons. The molecule has 0 radical (unpaired) electrons. The molecule has 6 nitrogen and oxygen atoms in total. The van der Waals surface area contributed by atoms with E-state index >= 15 is 0 Å². The minimum Gasteiger partial charge on any atom is -0.311 e. The number of ketones is 2. The number of anilines is 2. The van der Waals surface area contributed by atoms with Crippen molar-refractivity contribution in [2.45, 2.75) is 0 Å². The molecule has 2 amide bonds. The molecule has 0 saturated heterocycles. The first-order valence-corrected chi connectivity index (χ1v) is 12.0. The standard InChI is InChI=1S/C32H26N2O4/c1-33(25-19-11-5-12-20-25)31(37)27(29(35)23-15-7-3-8-16-23)28(30(36)24-17-9-4-10-18-24)32(38)34(2)26-21-13-6-14-22-26/h3-22H,1-2H3/b28-27+. The van der Waals surface area contributed by atoms with Gasteiger partial charge >= 0.3 is 0 Å². The molecule has 0 N–H and O–H groups in total. The number of Topliss-reactive ketones (excluding diaryl/α,β-unsaturated/α-hetero) is 2. The average molecular weight is 503 g/mol. The minimum atomic E-state index is -0.765. The Labute approximate surface area is 221 Å². The predicted molar refractivity (Wildman–Crippen MR) is 148 cm³/mol. The molecule has 0 spiro atoms. The van der Waals surface area contributed by atoms with Crippen LogP contribution in [0.15, 0.2) is 132 Å². The number of carbonyl (C=O) groups excluding carboxylic acids is 4. The highest BCUT2D eigenvalue weighted by Crippen LogP contribution is 2.25. The number of hydrogen-bond acceptors (Lipinski definition) is 4. The second-order valence-electron chi connectivity index (χ2n) is 8.54. The fraction of sp³-hybridized carbons (Fsp3) is 0.0625. The maximum Gasteiger partial charge on any atom is 0.262 e. The van der Waals surface area contributed by atoms with Crippen LogP contribution < -0.4 is 9.80 Å². The number of para-hydroxylation sites is 2. The van der Waals surface area contributed by atoms with Crippen molar-refractivity contribution in [1.82, 2.24) is 0 Å². The van der Waals surface area contributed by atoms with E-state index in [1.807, 2.05) is 0 Å². The molecule has 4 aromatic carbocycles. The van der Waals surface area contributed by atoms with Crippen LogP contribution in [0.5, 0.6) is 0 Å². The summed E-state index contributed by atoms with van der Waals surface area (Å²) < 4.78 is 0. The van der Waals surface area contributed by atoms with Crippen molar-refractivity contribution in [3.8, 4) is 0 Å². The van der Waals surface area contributed by atoms with E-state index in [1.165, 1.54) is 23.9 Å². The lowest BCUT2D eigenvalue weighted by atomic mass is 9.91. The van der Waals surface area contributed by atoms with E-state index in [0.717, 1.165) is 0 Å². The Morgan fingerprint density at radius 1 is 0.421 bits per heavy atom. The van der Waals surface area contributed by atoms with Crippen LogP contribution in [0.2, 0.25) is 0 Å². The third-order valence-electron chi connectivity index (χ3n) is 6.10. The van der Waals surface area contributed by atoms with Gasteiger partial charge in [-0.3, -0.25) is 19.2 Å². The Bertz CT molecular complexity index is 1370. The first-order chi connectivity index (χ1) is 18.4. The summed E-state index contributed by atoms with van der Waals surface area (Å²) in [4.78, 5) is 58.5. The van der Waals surface area contributed by atoms with Crippen LogP contribution >= 0.6 is 0 Å². The molecule has 6 heteroatoms. The normalized spacial score (nSPS) is 11.2. The second-order valence-corrected chi connectivity index (χ2v) is 8.54. The molecule has 4 aromatic rings. The summed E-state index contributed by atoms with van der Waals surface area (Å²) in [5, 5.41) is 0. The molecule has 4 rings (SSSR count). The zero-order valence-corrected chi connectivity index (χ0v) is 21.1. The van der Waals surface area contributed by atoms with Crippen molar-refractivity contribution in [2.75, 3.05) is 23.9 Å². The van der Waals surface area contributed by atoms with Gasteiger partial charge in [-0.15, -0.1) is 0 Å². The van der Waals surface area contributed by atoms with Gasteiger partial charge in [0.1, 0.15) is 11.1 Å². The lowest BCUT2D eigenvalue weighted by Gasteiger charge is -2.23. The summed E-state index contributed by atoms with van der Waals surface area (Å²) in [6, 6.07) is 33.8. The highest BCUT2D eigenvalue weighted by molar-refractivity contribution is 6.41. The van der Waals surface area contributed by atoms with E-state index in [9.17, 15) is 19.2 Å². The lowest BCUT2D eigenvalue weighted by molar-refractivity contribution is -0.117. The van der Waals surface area contributed by atoms with Gasteiger partial charge in [0.2, 0.25) is 0 Å². The zero-order chi connectivity index (χ0) is 27.1. The summed E-state index contributed by atoms with van der Waals surface area (Å²) in [5.41, 5.74) is 0.391. The number of carbonyl (C=O) groups is 4. The van der Waals surface area contributed by atoms with E-state index in [2.05, 4.69) is 0 Å². The summed E-state index contributed by atoms with van der Waals surface area (Å²) in [5.74, 6) is -2.96. The van der Waals surface area contributed by atoms with Crippen LogP contribution in [-0.4, -0.2) is 37.5 Å². The molecule has 0 aromatic heterocycles. The SMILES string of the molecule is CN(C(=O)/C(C(=O)c1ccccc1)=C(\C(=O)c1ccccc1)C(=O)N(C)c1ccccc1)c1ccccc1. The van der Waals surface area contributed by atoms with Crippen molar-refractivity contribution in [3.05, 3.63) is 144 Å². The predicted octanol–water partition coefficient (Wildman–Crippen LogP) is 5.37. The molecule has 38 heavy (non-hydrogen) atoms. The van der Waals surface area contributed by atoms with Crippen molar-refractivity contribution in [1.29, 1.82) is 0 Å². The molecule has 0 fully saturated rings. The summed E-state index contributed by atoms with van der Waals surface area (Å²) in [6.07, 6.45) is 0. The second kappa shape index (κ2) is 11.8. The Morgan fingerprint density at radius 2 is 0.684 bits per heavy atom. The maximum absolute atomic E-state index is 14.0. The third-order valence-corrected chi connectivity index (χ3v) is 6.10. The Morgan fingerprint density at radius 3 is 0.974 bits per heavy atom. The smallest absolute Gasteiger partial charge is 0.262 e. The third kappa shape index (κ3) is 5.50. The largest absolute Gasteiger partial charge is 0.311 e. The maximum atomic E-state index is 14.0. The molecule has 0 aliphatic heterocycles. The molecule has 0 aliphatic rings. The number of amides is 2. The van der Waals surface area contributed by atoms with Crippen molar-refractivity contribution in [3.63, 3.8) is 0 Å². The van der Waals surface area contributed by atoms with Crippen LogP contribution in [0.4, 0.5) is 11.4 Å². The van der Waals surface area contributed by atoms with Gasteiger partial charge in [0, 0.05) is 36.6 Å². The lowest BCUT2D eigenvalue weighted by Crippen LogP contribution is -2.38. The average Bonchev–Trinajstić information content (AvgIpc) is 2.99. The number of likely N-dealkylation sites (N-methyl/N-ethyl adjacent to an activating group) is 2. The van der Waals surface area contributed by atoms with Gasteiger partial charge in [-0.2, -0.15) is 0 Å². The molecular formula is C32H26N2O4. The number of hydrogen-bond donors (Lipinski definition) is 0. The van der Waals surface area contributed by atoms with E-state index in [-0.39, 0.29) is 11.1 Å². The first kappa shape index (κ1) is 26.0. The quantitative estimate of drug-likeness (QED) is 0.140. The van der Waals surface area contributed by atoms with Gasteiger partial charge in [0.15, 0.2) is 11.6 Å². The molecule has 0 unspecified atom stereocenters. The summed E-state index contributed by atoms with van der Waals surface area (Å²) >= 11 is 0.